The number of aryl methyl sites for hydroxylation is 1. The van der Waals surface area contributed by atoms with Crippen LogP contribution in [0, 0.1) is 6.92 Å². The van der Waals surface area contributed by atoms with Crippen molar-refractivity contribution in [1.82, 2.24) is 15.6 Å². The van der Waals surface area contributed by atoms with Crippen molar-refractivity contribution in [2.75, 3.05) is 13.2 Å². The second-order valence-corrected chi connectivity index (χ2v) is 6.19. The van der Waals surface area contributed by atoms with Crippen LogP contribution in [0.1, 0.15) is 27.6 Å². The molecule has 1 unspecified atom stereocenters. The molecule has 0 saturated heterocycles. The van der Waals surface area contributed by atoms with E-state index in [-0.39, 0.29) is 30.6 Å². The van der Waals surface area contributed by atoms with Gasteiger partial charge in [0.2, 0.25) is 17.0 Å². The summed E-state index contributed by atoms with van der Waals surface area (Å²) >= 11 is -2.80. The molecule has 1 aliphatic rings. The first-order chi connectivity index (χ1) is 13.3. The molecule has 0 radical (unpaired) electrons. The predicted octanol–water partition coefficient (Wildman–Crippen LogP) is 1.49. The zero-order valence-corrected chi connectivity index (χ0v) is 14.8. The van der Waals surface area contributed by atoms with E-state index in [2.05, 4.69) is 24.1 Å². The molecule has 0 aliphatic carbocycles. The third kappa shape index (κ3) is 4.28. The first-order valence-corrected chi connectivity index (χ1v) is 8.58. The third-order valence-corrected chi connectivity index (χ3v) is 4.23. The molecule has 0 fully saturated rings. The summed E-state index contributed by atoms with van der Waals surface area (Å²) in [6.45, 7) is 1.56. The SMILES string of the molecule is Cc1nc(C(=O)NOS(=O)c2c(C3=NOCCO3)cccc2C(F)(F)F)no1. The highest BCUT2D eigenvalue weighted by molar-refractivity contribution is 7.80. The van der Waals surface area contributed by atoms with Gasteiger partial charge in [-0.15, -0.1) is 0 Å². The quantitative estimate of drug-likeness (QED) is 0.722. The molecule has 1 aliphatic heterocycles. The van der Waals surface area contributed by atoms with Crippen LogP contribution < -0.4 is 5.48 Å². The predicted molar refractivity (Wildman–Crippen MR) is 83.9 cm³/mol. The molecule has 150 valence electrons. The molecule has 1 N–H and O–H groups in total. The molecule has 0 spiro atoms. The van der Waals surface area contributed by atoms with E-state index >= 15 is 0 Å². The van der Waals surface area contributed by atoms with Gasteiger partial charge in [-0.3, -0.25) is 4.79 Å². The second kappa shape index (κ2) is 7.93. The molecular formula is C14H11F3N4O6S. The minimum atomic E-state index is -4.87. The van der Waals surface area contributed by atoms with Gasteiger partial charge in [-0.25, -0.2) is 9.69 Å². The van der Waals surface area contributed by atoms with Crippen LogP contribution in [0.5, 0.6) is 0 Å². The van der Waals surface area contributed by atoms with Crippen LogP contribution in [0.3, 0.4) is 0 Å². The molecule has 10 nitrogen and oxygen atoms in total. The number of carbonyl (C=O) groups is 1. The van der Waals surface area contributed by atoms with E-state index < -0.39 is 39.4 Å². The summed E-state index contributed by atoms with van der Waals surface area (Å²) in [6.07, 6.45) is -4.87. The molecule has 0 saturated carbocycles. The van der Waals surface area contributed by atoms with Gasteiger partial charge in [-0.2, -0.15) is 22.4 Å². The van der Waals surface area contributed by atoms with E-state index in [0.717, 1.165) is 6.07 Å². The normalized spacial score (nSPS) is 15.2. The van der Waals surface area contributed by atoms with Gasteiger partial charge in [0.25, 0.3) is 11.7 Å². The Balaban J connectivity index is 1.90. The van der Waals surface area contributed by atoms with Gasteiger partial charge in [0.05, 0.1) is 16.0 Å². The van der Waals surface area contributed by atoms with Crippen molar-refractivity contribution in [1.29, 1.82) is 0 Å². The first-order valence-electron chi connectivity index (χ1n) is 7.50. The third-order valence-electron chi connectivity index (χ3n) is 3.22. The molecule has 1 aromatic carbocycles. The smallest absolute Gasteiger partial charge is 0.417 e. The molecule has 2 heterocycles. The summed E-state index contributed by atoms with van der Waals surface area (Å²) in [6, 6.07) is 2.98. The van der Waals surface area contributed by atoms with E-state index in [0.29, 0.717) is 6.07 Å². The Labute approximate surface area is 157 Å². The largest absolute Gasteiger partial charge is 0.471 e. The number of nitrogens with zero attached hydrogens (tertiary/aromatic N) is 3. The van der Waals surface area contributed by atoms with E-state index in [1.54, 1.807) is 5.48 Å². The summed E-state index contributed by atoms with van der Waals surface area (Å²) in [5, 5.41) is 6.83. The van der Waals surface area contributed by atoms with E-state index in [1.165, 1.54) is 13.0 Å². The number of hydroxylamine groups is 1. The van der Waals surface area contributed by atoms with E-state index in [1.807, 2.05) is 0 Å². The summed E-state index contributed by atoms with van der Waals surface area (Å²) in [5.41, 5.74) is 0.190. The monoisotopic (exact) mass is 420 g/mol. The lowest BCUT2D eigenvalue weighted by Gasteiger charge is -2.18. The van der Waals surface area contributed by atoms with Crippen LogP contribution >= 0.6 is 0 Å². The van der Waals surface area contributed by atoms with Crippen molar-refractivity contribution in [3.05, 3.63) is 41.0 Å². The lowest BCUT2D eigenvalue weighted by atomic mass is 10.1. The number of carbonyl (C=O) groups excluding carboxylic acids is 1. The summed E-state index contributed by atoms with van der Waals surface area (Å²) in [4.78, 5) is 19.4. The van der Waals surface area contributed by atoms with Crippen LogP contribution in [-0.4, -0.2) is 39.4 Å². The van der Waals surface area contributed by atoms with Gasteiger partial charge in [0.1, 0.15) is 6.61 Å². The molecule has 3 rings (SSSR count). The molecule has 1 amide bonds. The average molecular weight is 420 g/mol. The Morgan fingerprint density at radius 1 is 1.32 bits per heavy atom. The summed E-state index contributed by atoms with van der Waals surface area (Å²) < 4.78 is 67.1. The molecule has 28 heavy (non-hydrogen) atoms. The number of hydrogen-bond donors (Lipinski definition) is 1. The minimum absolute atomic E-state index is 0.0376. The number of alkyl halides is 3. The number of oxime groups is 1. The lowest BCUT2D eigenvalue weighted by Crippen LogP contribution is -2.28. The molecule has 2 aromatic rings. The van der Waals surface area contributed by atoms with E-state index in [4.69, 9.17) is 9.57 Å². The maximum atomic E-state index is 13.4. The van der Waals surface area contributed by atoms with Crippen LogP contribution in [0.25, 0.3) is 0 Å². The number of nitrogens with one attached hydrogen (secondary N) is 1. The van der Waals surface area contributed by atoms with Gasteiger partial charge in [-0.05, 0) is 17.3 Å². The van der Waals surface area contributed by atoms with Crippen molar-refractivity contribution >= 4 is 22.9 Å². The summed E-state index contributed by atoms with van der Waals surface area (Å²) in [5.74, 6) is -1.74. The van der Waals surface area contributed by atoms with Crippen LogP contribution in [0.2, 0.25) is 0 Å². The number of aromatic nitrogens is 2. The number of ether oxygens (including phenoxy) is 1. The molecule has 14 heteroatoms. The van der Waals surface area contributed by atoms with Gasteiger partial charge < -0.3 is 14.1 Å². The Kier molecular flexibility index (Phi) is 5.60. The van der Waals surface area contributed by atoms with Crippen LogP contribution in [0.4, 0.5) is 13.2 Å². The van der Waals surface area contributed by atoms with Gasteiger partial charge in [0.15, 0.2) is 6.61 Å². The number of rotatable bonds is 5. The highest BCUT2D eigenvalue weighted by Gasteiger charge is 2.38. The Morgan fingerprint density at radius 2 is 2.11 bits per heavy atom. The highest BCUT2D eigenvalue weighted by atomic mass is 32.2. The van der Waals surface area contributed by atoms with Crippen molar-refractivity contribution in [3.63, 3.8) is 0 Å². The maximum absolute atomic E-state index is 13.4. The molecule has 1 atom stereocenters. The highest BCUT2D eigenvalue weighted by Crippen LogP contribution is 2.35. The van der Waals surface area contributed by atoms with Crippen molar-refractivity contribution < 1.29 is 40.6 Å². The standard InChI is InChI=1S/C14H11F3N4O6S/c1-7-18-11(19-26-7)12(22)20-27-28(23)10-8(13-21-25-6-5-24-13)3-2-4-9(10)14(15,16)17/h2-4H,5-6H2,1H3,(H,20,22). The van der Waals surface area contributed by atoms with Gasteiger partial charge in [0, 0.05) is 6.92 Å². The van der Waals surface area contributed by atoms with Crippen LogP contribution in [0.15, 0.2) is 32.8 Å². The Morgan fingerprint density at radius 3 is 2.71 bits per heavy atom. The van der Waals surface area contributed by atoms with Gasteiger partial charge >= 0.3 is 12.1 Å². The zero-order chi connectivity index (χ0) is 20.3. The summed E-state index contributed by atoms with van der Waals surface area (Å²) in [7, 11) is 0. The van der Waals surface area contributed by atoms with Crippen molar-refractivity contribution in [2.45, 2.75) is 18.0 Å². The lowest BCUT2D eigenvalue weighted by molar-refractivity contribution is -0.139. The fourth-order valence-electron chi connectivity index (χ4n) is 2.10. The molecular weight excluding hydrogens is 409 g/mol. The number of hydrogen-bond acceptors (Lipinski definition) is 9. The topological polar surface area (TPSA) is 125 Å². The zero-order valence-electron chi connectivity index (χ0n) is 14.0. The van der Waals surface area contributed by atoms with E-state index in [9.17, 15) is 22.2 Å². The Bertz CT molecular complexity index is 945. The number of benzene rings is 1. The minimum Gasteiger partial charge on any atom is -0.471 e. The van der Waals surface area contributed by atoms with Crippen molar-refractivity contribution in [3.8, 4) is 0 Å². The number of amides is 1. The molecule has 0 bridgehead atoms. The maximum Gasteiger partial charge on any atom is 0.417 e. The number of halogens is 3. The first kappa shape index (κ1) is 19.8. The fourth-order valence-corrected chi connectivity index (χ4v) is 3.03. The van der Waals surface area contributed by atoms with Crippen molar-refractivity contribution in [2.24, 2.45) is 5.16 Å². The average Bonchev–Trinajstić information content (AvgIpc) is 3.11. The second-order valence-electron chi connectivity index (χ2n) is 5.14. The Hall–Kier alpha value is -3.00. The fraction of sp³-hybridized carbons (Fsp3) is 0.286. The van der Waals surface area contributed by atoms with Gasteiger partial charge in [-0.1, -0.05) is 11.2 Å². The molecule has 1 aromatic heterocycles. The van der Waals surface area contributed by atoms with Crippen LogP contribution in [-0.2, 0) is 31.1 Å².